The molecule has 2 aromatic carbocycles. The SMILES string of the molecule is CC(OC(=O)CN1C(=O)COc2ccccc21)C(=O)Nc1cc([N+](=O)[O-])ccc1Cl. The highest BCUT2D eigenvalue weighted by Crippen LogP contribution is 2.31. The summed E-state index contributed by atoms with van der Waals surface area (Å²) >= 11 is 5.95. The van der Waals surface area contributed by atoms with Crippen molar-refractivity contribution in [1.29, 1.82) is 0 Å². The van der Waals surface area contributed by atoms with Crippen LogP contribution >= 0.6 is 11.6 Å². The Hall–Kier alpha value is -3.66. The Kier molecular flexibility index (Phi) is 6.17. The van der Waals surface area contributed by atoms with E-state index in [4.69, 9.17) is 21.1 Å². The van der Waals surface area contributed by atoms with Crippen LogP contribution in [0.2, 0.25) is 5.02 Å². The molecule has 0 radical (unpaired) electrons. The number of benzene rings is 2. The monoisotopic (exact) mass is 433 g/mol. The van der Waals surface area contributed by atoms with E-state index in [1.807, 2.05) is 0 Å². The fourth-order valence-corrected chi connectivity index (χ4v) is 2.87. The second-order valence-corrected chi connectivity index (χ2v) is 6.69. The van der Waals surface area contributed by atoms with Crippen molar-refractivity contribution >= 4 is 46.4 Å². The van der Waals surface area contributed by atoms with Crippen LogP contribution in [0.15, 0.2) is 42.5 Å². The van der Waals surface area contributed by atoms with Crippen molar-refractivity contribution in [3.05, 3.63) is 57.6 Å². The molecule has 1 aliphatic rings. The number of amides is 2. The summed E-state index contributed by atoms with van der Waals surface area (Å²) in [5, 5.41) is 13.3. The number of nitrogens with one attached hydrogen (secondary N) is 1. The Morgan fingerprint density at radius 1 is 1.33 bits per heavy atom. The highest BCUT2D eigenvalue weighted by atomic mass is 35.5. The highest BCUT2D eigenvalue weighted by Gasteiger charge is 2.29. The number of ether oxygens (including phenoxy) is 2. The van der Waals surface area contributed by atoms with E-state index in [-0.39, 0.29) is 23.0 Å². The second kappa shape index (κ2) is 8.78. The number of carbonyl (C=O) groups is 3. The number of rotatable bonds is 6. The number of hydrogen-bond donors (Lipinski definition) is 1. The molecule has 1 atom stereocenters. The van der Waals surface area contributed by atoms with E-state index in [0.717, 1.165) is 6.07 Å². The zero-order valence-corrected chi connectivity index (χ0v) is 16.4. The summed E-state index contributed by atoms with van der Waals surface area (Å²) in [4.78, 5) is 48.2. The number of hydrogen-bond acceptors (Lipinski definition) is 7. The number of nitro benzene ring substituents is 1. The molecule has 156 valence electrons. The van der Waals surface area contributed by atoms with Gasteiger partial charge < -0.3 is 14.8 Å². The quantitative estimate of drug-likeness (QED) is 0.421. The third-order valence-electron chi connectivity index (χ3n) is 4.19. The lowest BCUT2D eigenvalue weighted by molar-refractivity contribution is -0.384. The van der Waals surface area contributed by atoms with Crippen molar-refractivity contribution in [2.75, 3.05) is 23.4 Å². The van der Waals surface area contributed by atoms with Crippen molar-refractivity contribution in [3.8, 4) is 5.75 Å². The molecule has 30 heavy (non-hydrogen) atoms. The average Bonchev–Trinajstić information content (AvgIpc) is 2.71. The maximum Gasteiger partial charge on any atom is 0.326 e. The molecule has 0 saturated carbocycles. The zero-order valence-electron chi connectivity index (χ0n) is 15.7. The summed E-state index contributed by atoms with van der Waals surface area (Å²) in [7, 11) is 0. The number of halogens is 1. The summed E-state index contributed by atoms with van der Waals surface area (Å²) in [6.07, 6.45) is -1.24. The van der Waals surface area contributed by atoms with Crippen molar-refractivity contribution in [2.45, 2.75) is 13.0 Å². The standard InChI is InChI=1S/C19H16ClN3O7/c1-11(19(26)21-14-8-12(23(27)28)6-7-13(14)20)30-18(25)9-22-15-4-2-3-5-16(15)29-10-17(22)24/h2-8,11H,9-10H2,1H3,(H,21,26). The fourth-order valence-electron chi connectivity index (χ4n) is 2.70. The average molecular weight is 434 g/mol. The van der Waals surface area contributed by atoms with Gasteiger partial charge in [-0.15, -0.1) is 0 Å². The lowest BCUT2D eigenvalue weighted by Crippen LogP contribution is -2.43. The molecule has 10 nitrogen and oxygen atoms in total. The first-order valence-electron chi connectivity index (χ1n) is 8.72. The summed E-state index contributed by atoms with van der Waals surface area (Å²) < 4.78 is 10.4. The lowest BCUT2D eigenvalue weighted by Gasteiger charge is -2.28. The Morgan fingerprint density at radius 2 is 2.07 bits per heavy atom. The minimum absolute atomic E-state index is 0.0102. The van der Waals surface area contributed by atoms with Crippen LogP contribution < -0.4 is 15.0 Å². The molecule has 1 N–H and O–H groups in total. The molecule has 0 saturated heterocycles. The van der Waals surface area contributed by atoms with Gasteiger partial charge in [0, 0.05) is 12.1 Å². The third kappa shape index (κ3) is 4.66. The zero-order chi connectivity index (χ0) is 21.8. The molecule has 1 aliphatic heterocycles. The van der Waals surface area contributed by atoms with Gasteiger partial charge in [-0.05, 0) is 25.1 Å². The lowest BCUT2D eigenvalue weighted by atomic mass is 10.2. The second-order valence-electron chi connectivity index (χ2n) is 6.28. The van der Waals surface area contributed by atoms with Gasteiger partial charge in [-0.25, -0.2) is 0 Å². The Balaban J connectivity index is 1.63. The van der Waals surface area contributed by atoms with Gasteiger partial charge in [-0.1, -0.05) is 23.7 Å². The molecule has 0 spiro atoms. The summed E-state index contributed by atoms with van der Waals surface area (Å²) in [5.74, 6) is -1.52. The number of esters is 1. The van der Waals surface area contributed by atoms with E-state index in [9.17, 15) is 24.5 Å². The molecule has 0 fully saturated rings. The van der Waals surface area contributed by atoms with Gasteiger partial charge in [0.25, 0.3) is 17.5 Å². The number of nitrogens with zero attached hydrogens (tertiary/aromatic N) is 2. The number of non-ortho nitro benzene ring substituents is 1. The van der Waals surface area contributed by atoms with Crippen LogP contribution in [-0.4, -0.2) is 42.0 Å². The molecular formula is C19H16ClN3O7. The van der Waals surface area contributed by atoms with Crippen LogP contribution in [0.25, 0.3) is 0 Å². The topological polar surface area (TPSA) is 128 Å². The van der Waals surface area contributed by atoms with Crippen molar-refractivity contribution in [1.82, 2.24) is 0 Å². The summed E-state index contributed by atoms with van der Waals surface area (Å²) in [6.45, 7) is 0.702. The van der Waals surface area contributed by atoms with Crippen LogP contribution in [0, 0.1) is 10.1 Å². The predicted octanol–water partition coefficient (Wildman–Crippen LogP) is 2.54. The first kappa shape index (κ1) is 21.1. The maximum absolute atomic E-state index is 12.3. The molecule has 2 amide bonds. The highest BCUT2D eigenvalue weighted by molar-refractivity contribution is 6.33. The number of anilines is 2. The molecular weight excluding hydrogens is 418 g/mol. The molecule has 1 heterocycles. The largest absolute Gasteiger partial charge is 0.482 e. The van der Waals surface area contributed by atoms with E-state index < -0.39 is 35.4 Å². The molecule has 0 aliphatic carbocycles. The number of nitro groups is 1. The smallest absolute Gasteiger partial charge is 0.326 e. The van der Waals surface area contributed by atoms with Gasteiger partial charge in [0.1, 0.15) is 12.3 Å². The van der Waals surface area contributed by atoms with Gasteiger partial charge >= 0.3 is 5.97 Å². The van der Waals surface area contributed by atoms with E-state index >= 15 is 0 Å². The van der Waals surface area contributed by atoms with Crippen LogP contribution in [0.1, 0.15) is 6.92 Å². The number of carbonyl (C=O) groups excluding carboxylic acids is 3. The van der Waals surface area contributed by atoms with Crippen LogP contribution in [0.5, 0.6) is 5.75 Å². The van der Waals surface area contributed by atoms with E-state index in [1.54, 1.807) is 24.3 Å². The molecule has 0 aromatic heterocycles. The summed E-state index contributed by atoms with van der Waals surface area (Å²) in [6, 6.07) is 10.3. The minimum Gasteiger partial charge on any atom is -0.482 e. The van der Waals surface area contributed by atoms with Crippen LogP contribution in [0.3, 0.4) is 0 Å². The van der Waals surface area contributed by atoms with Gasteiger partial charge in [0.05, 0.1) is 21.3 Å². The number of para-hydroxylation sites is 2. The third-order valence-corrected chi connectivity index (χ3v) is 4.52. The Labute approximate surface area is 175 Å². The van der Waals surface area contributed by atoms with Crippen molar-refractivity contribution in [2.24, 2.45) is 0 Å². The van der Waals surface area contributed by atoms with Crippen molar-refractivity contribution in [3.63, 3.8) is 0 Å². The van der Waals surface area contributed by atoms with E-state index in [2.05, 4.69) is 5.32 Å². The van der Waals surface area contributed by atoms with Gasteiger partial charge in [0.15, 0.2) is 12.7 Å². The first-order valence-corrected chi connectivity index (χ1v) is 9.10. The van der Waals surface area contributed by atoms with Crippen LogP contribution in [0.4, 0.5) is 17.1 Å². The normalized spacial score (nSPS) is 13.7. The van der Waals surface area contributed by atoms with Crippen molar-refractivity contribution < 1.29 is 28.8 Å². The van der Waals surface area contributed by atoms with Gasteiger partial charge in [0.2, 0.25) is 0 Å². The predicted molar refractivity (Wildman–Crippen MR) is 107 cm³/mol. The molecule has 0 bridgehead atoms. The van der Waals surface area contributed by atoms with Gasteiger partial charge in [-0.3, -0.25) is 29.4 Å². The number of fused-ring (bicyclic) bond motifs is 1. The molecule has 3 rings (SSSR count). The van der Waals surface area contributed by atoms with Gasteiger partial charge in [-0.2, -0.15) is 0 Å². The first-order chi connectivity index (χ1) is 14.3. The molecule has 11 heteroatoms. The maximum atomic E-state index is 12.3. The minimum atomic E-state index is -1.24. The Morgan fingerprint density at radius 3 is 2.80 bits per heavy atom. The molecule has 1 unspecified atom stereocenters. The summed E-state index contributed by atoms with van der Waals surface area (Å²) in [5.41, 5.74) is 0.172. The molecule has 2 aromatic rings. The van der Waals surface area contributed by atoms with Crippen LogP contribution in [-0.2, 0) is 19.1 Å². The van der Waals surface area contributed by atoms with E-state index in [0.29, 0.717) is 11.4 Å². The fraction of sp³-hybridized carbons (Fsp3) is 0.211. The Bertz CT molecular complexity index is 1030. The van der Waals surface area contributed by atoms with E-state index in [1.165, 1.54) is 24.0 Å².